The number of nitrogens with zero attached hydrogens (tertiary/aromatic N) is 2. The van der Waals surface area contributed by atoms with Crippen molar-refractivity contribution in [3.8, 4) is 0 Å². The number of hydrogen-bond donors (Lipinski definition) is 2. The van der Waals surface area contributed by atoms with E-state index in [0.717, 1.165) is 11.3 Å². The van der Waals surface area contributed by atoms with Crippen LogP contribution in [-0.2, 0) is 6.42 Å². The molecule has 1 unspecified atom stereocenters. The minimum absolute atomic E-state index is 0.0858. The smallest absolute Gasteiger partial charge is 0.0670 e. The lowest BCUT2D eigenvalue weighted by atomic mass is 10.0. The molecule has 2 aromatic rings. The number of aryl methyl sites for hydroxylation is 1. The minimum Gasteiger partial charge on any atom is -0.271 e. The van der Waals surface area contributed by atoms with E-state index in [9.17, 15) is 0 Å². The largest absolute Gasteiger partial charge is 0.271 e. The summed E-state index contributed by atoms with van der Waals surface area (Å²) in [6.45, 7) is 2.08. The molecular weight excluding hydrogens is 220 g/mol. The summed E-state index contributed by atoms with van der Waals surface area (Å²) in [5.74, 6) is 5.54. The van der Waals surface area contributed by atoms with Crippen molar-refractivity contribution >= 4 is 11.5 Å². The zero-order valence-electron chi connectivity index (χ0n) is 9.05. The summed E-state index contributed by atoms with van der Waals surface area (Å²) < 4.78 is 3.84. The Hall–Kier alpha value is -1.30. The molecule has 16 heavy (non-hydrogen) atoms. The molecule has 84 valence electrons. The first kappa shape index (κ1) is 11.2. The van der Waals surface area contributed by atoms with Gasteiger partial charge in [0.25, 0.3) is 0 Å². The van der Waals surface area contributed by atoms with Crippen molar-refractivity contribution in [2.75, 3.05) is 0 Å². The number of hydrazine groups is 1. The first-order valence-electron chi connectivity index (χ1n) is 5.08. The Kier molecular flexibility index (Phi) is 3.61. The molecule has 0 amide bonds. The molecule has 0 fully saturated rings. The molecule has 0 spiro atoms. The second-order valence-electron chi connectivity index (χ2n) is 3.73. The number of rotatable bonds is 4. The first-order chi connectivity index (χ1) is 7.79. The van der Waals surface area contributed by atoms with Crippen molar-refractivity contribution in [1.82, 2.24) is 15.0 Å². The number of benzene rings is 1. The van der Waals surface area contributed by atoms with Gasteiger partial charge in [0, 0.05) is 0 Å². The second-order valence-corrected chi connectivity index (χ2v) is 4.55. The Morgan fingerprint density at radius 2 is 2.12 bits per heavy atom. The third-order valence-electron chi connectivity index (χ3n) is 2.48. The molecule has 0 bridgehead atoms. The van der Waals surface area contributed by atoms with Crippen LogP contribution in [0.25, 0.3) is 0 Å². The van der Waals surface area contributed by atoms with Gasteiger partial charge in [-0.3, -0.25) is 11.3 Å². The number of aromatic nitrogens is 2. The summed E-state index contributed by atoms with van der Waals surface area (Å²) in [6.07, 6.45) is 2.60. The molecular formula is C11H14N4S. The molecule has 0 saturated carbocycles. The van der Waals surface area contributed by atoms with Crippen molar-refractivity contribution < 1.29 is 0 Å². The predicted octanol–water partition coefficient (Wildman–Crippen LogP) is 1.59. The van der Waals surface area contributed by atoms with Crippen molar-refractivity contribution in [1.29, 1.82) is 0 Å². The number of hydrogen-bond acceptors (Lipinski definition) is 5. The Morgan fingerprint density at radius 1 is 1.38 bits per heavy atom. The molecule has 4 nitrogen and oxygen atoms in total. The second kappa shape index (κ2) is 5.16. The maximum Gasteiger partial charge on any atom is 0.0670 e. The van der Waals surface area contributed by atoms with Gasteiger partial charge in [-0.25, -0.2) is 0 Å². The van der Waals surface area contributed by atoms with Gasteiger partial charge in [0.2, 0.25) is 0 Å². The molecule has 3 N–H and O–H groups in total. The van der Waals surface area contributed by atoms with Gasteiger partial charge in [0.1, 0.15) is 0 Å². The van der Waals surface area contributed by atoms with Crippen molar-refractivity contribution in [2.24, 2.45) is 5.84 Å². The SMILES string of the molecule is Cc1ccc(CC(NN)c2cnns2)cc1. The highest BCUT2D eigenvalue weighted by Gasteiger charge is 2.12. The van der Waals surface area contributed by atoms with Crippen LogP contribution in [0.1, 0.15) is 22.0 Å². The summed E-state index contributed by atoms with van der Waals surface area (Å²) in [7, 11) is 0. The molecule has 1 heterocycles. The van der Waals surface area contributed by atoms with E-state index in [0.29, 0.717) is 0 Å². The maximum atomic E-state index is 5.54. The van der Waals surface area contributed by atoms with Crippen LogP contribution in [0.2, 0.25) is 0 Å². The normalized spacial score (nSPS) is 12.6. The molecule has 1 aromatic heterocycles. The fourth-order valence-electron chi connectivity index (χ4n) is 1.53. The minimum atomic E-state index is 0.0858. The molecule has 0 aliphatic heterocycles. The van der Waals surface area contributed by atoms with Crippen molar-refractivity contribution in [3.63, 3.8) is 0 Å². The predicted molar refractivity (Wildman–Crippen MR) is 64.9 cm³/mol. The Balaban J connectivity index is 2.10. The van der Waals surface area contributed by atoms with Crippen LogP contribution < -0.4 is 11.3 Å². The standard InChI is InChI=1S/C11H14N4S/c1-8-2-4-9(5-3-8)6-10(14-12)11-7-13-15-16-11/h2-5,7,10,14H,6,12H2,1H3. The average molecular weight is 234 g/mol. The topological polar surface area (TPSA) is 63.8 Å². The number of nitrogens with one attached hydrogen (secondary N) is 1. The van der Waals surface area contributed by atoms with Gasteiger partial charge >= 0.3 is 0 Å². The lowest BCUT2D eigenvalue weighted by Crippen LogP contribution is -2.28. The van der Waals surface area contributed by atoms with Crippen LogP contribution in [0.4, 0.5) is 0 Å². The summed E-state index contributed by atoms with van der Waals surface area (Å²) in [5.41, 5.74) is 5.31. The van der Waals surface area contributed by atoms with Gasteiger partial charge in [-0.2, -0.15) is 0 Å². The lowest BCUT2D eigenvalue weighted by Gasteiger charge is -2.13. The van der Waals surface area contributed by atoms with Crippen LogP contribution >= 0.6 is 11.5 Å². The molecule has 0 aliphatic carbocycles. The van der Waals surface area contributed by atoms with E-state index in [1.165, 1.54) is 22.7 Å². The third kappa shape index (κ3) is 2.63. The lowest BCUT2D eigenvalue weighted by molar-refractivity contribution is 0.559. The Morgan fingerprint density at radius 3 is 2.69 bits per heavy atom. The van der Waals surface area contributed by atoms with E-state index in [1.807, 2.05) is 0 Å². The van der Waals surface area contributed by atoms with Gasteiger partial charge in [-0.1, -0.05) is 34.3 Å². The molecule has 0 saturated heterocycles. The van der Waals surface area contributed by atoms with Crippen LogP contribution in [0.5, 0.6) is 0 Å². The van der Waals surface area contributed by atoms with Crippen LogP contribution in [-0.4, -0.2) is 9.59 Å². The zero-order valence-corrected chi connectivity index (χ0v) is 9.87. The summed E-state index contributed by atoms with van der Waals surface area (Å²) in [5, 5.41) is 3.82. The monoisotopic (exact) mass is 234 g/mol. The van der Waals surface area contributed by atoms with E-state index in [-0.39, 0.29) is 6.04 Å². The Labute approximate surface area is 98.6 Å². The van der Waals surface area contributed by atoms with Gasteiger partial charge in [0.15, 0.2) is 0 Å². The summed E-state index contributed by atoms with van der Waals surface area (Å²) >= 11 is 1.37. The van der Waals surface area contributed by atoms with E-state index in [1.54, 1.807) is 6.20 Å². The van der Waals surface area contributed by atoms with Gasteiger partial charge < -0.3 is 0 Å². The maximum absolute atomic E-state index is 5.54. The van der Waals surface area contributed by atoms with Crippen LogP contribution in [0.3, 0.4) is 0 Å². The molecule has 1 aromatic carbocycles. The van der Waals surface area contributed by atoms with Gasteiger partial charge in [-0.15, -0.1) is 5.10 Å². The number of nitrogens with two attached hydrogens (primary N) is 1. The van der Waals surface area contributed by atoms with Gasteiger partial charge in [-0.05, 0) is 30.4 Å². The first-order valence-corrected chi connectivity index (χ1v) is 5.86. The molecule has 5 heteroatoms. The molecule has 2 rings (SSSR count). The quantitative estimate of drug-likeness (QED) is 0.623. The highest BCUT2D eigenvalue weighted by atomic mass is 32.1. The van der Waals surface area contributed by atoms with E-state index in [2.05, 4.69) is 46.2 Å². The zero-order chi connectivity index (χ0) is 11.4. The third-order valence-corrected chi connectivity index (χ3v) is 3.26. The highest BCUT2D eigenvalue weighted by molar-refractivity contribution is 7.05. The van der Waals surface area contributed by atoms with Crippen molar-refractivity contribution in [3.05, 3.63) is 46.5 Å². The molecule has 0 aliphatic rings. The molecule has 0 radical (unpaired) electrons. The molecule has 1 atom stereocenters. The Bertz CT molecular complexity index is 424. The van der Waals surface area contributed by atoms with E-state index >= 15 is 0 Å². The van der Waals surface area contributed by atoms with Crippen LogP contribution in [0, 0.1) is 6.92 Å². The highest BCUT2D eigenvalue weighted by Crippen LogP contribution is 2.19. The van der Waals surface area contributed by atoms with E-state index < -0.39 is 0 Å². The van der Waals surface area contributed by atoms with Crippen molar-refractivity contribution in [2.45, 2.75) is 19.4 Å². The fourth-order valence-corrected chi connectivity index (χ4v) is 2.09. The summed E-state index contributed by atoms with van der Waals surface area (Å²) in [4.78, 5) is 1.06. The van der Waals surface area contributed by atoms with E-state index in [4.69, 9.17) is 5.84 Å². The van der Waals surface area contributed by atoms with Crippen LogP contribution in [0.15, 0.2) is 30.5 Å². The summed E-state index contributed by atoms with van der Waals surface area (Å²) in [6, 6.07) is 8.53. The average Bonchev–Trinajstić information content (AvgIpc) is 2.82. The van der Waals surface area contributed by atoms with Gasteiger partial charge in [0.05, 0.1) is 17.1 Å². The fraction of sp³-hybridized carbons (Fsp3) is 0.273.